The van der Waals surface area contributed by atoms with Gasteiger partial charge in [0, 0.05) is 13.0 Å². The Hall–Kier alpha value is -3.76. The summed E-state index contributed by atoms with van der Waals surface area (Å²) < 4.78 is 39.0. The fraction of sp³-hybridized carbons (Fsp3) is 0.379. The van der Waals surface area contributed by atoms with Crippen LogP contribution in [0.15, 0.2) is 53.7 Å². The molecule has 1 amide bonds. The number of carbonyl (C=O) groups excluding carboxylic acids is 1. The van der Waals surface area contributed by atoms with E-state index in [0.29, 0.717) is 13.0 Å². The molecule has 39 heavy (non-hydrogen) atoms. The van der Waals surface area contributed by atoms with Crippen molar-refractivity contribution in [2.24, 2.45) is 5.16 Å². The van der Waals surface area contributed by atoms with Gasteiger partial charge >= 0.3 is 0 Å². The van der Waals surface area contributed by atoms with E-state index in [-0.39, 0.29) is 48.2 Å². The van der Waals surface area contributed by atoms with E-state index in [9.17, 15) is 23.9 Å². The highest BCUT2D eigenvalue weighted by Crippen LogP contribution is 2.36. The zero-order valence-corrected chi connectivity index (χ0v) is 21.4. The van der Waals surface area contributed by atoms with Crippen molar-refractivity contribution >= 4 is 22.4 Å². The first-order valence-corrected chi connectivity index (χ1v) is 13.1. The topological polar surface area (TPSA) is 104 Å². The summed E-state index contributed by atoms with van der Waals surface area (Å²) in [4.78, 5) is 15.3. The maximum Gasteiger partial charge on any atom is 0.269 e. The SMILES string of the molecule is O=C(N[C@H](CN1CCCC1)[C@H](O)c1cc(F)c2c(c1)OCCO2)/C(CCc1ccc2cc(F)ccc2c1)=N/O. The Kier molecular flexibility index (Phi) is 8.23. The van der Waals surface area contributed by atoms with Gasteiger partial charge in [-0.15, -0.1) is 0 Å². The molecule has 0 saturated carbocycles. The van der Waals surface area contributed by atoms with Gasteiger partial charge in [-0.1, -0.05) is 29.4 Å². The molecule has 8 nitrogen and oxygen atoms in total. The van der Waals surface area contributed by atoms with Crippen molar-refractivity contribution in [3.8, 4) is 11.5 Å². The zero-order valence-electron chi connectivity index (χ0n) is 21.4. The van der Waals surface area contributed by atoms with Crippen molar-refractivity contribution < 1.29 is 33.4 Å². The van der Waals surface area contributed by atoms with E-state index < -0.39 is 23.9 Å². The lowest BCUT2D eigenvalue weighted by Crippen LogP contribution is -2.48. The number of nitrogens with one attached hydrogen (secondary N) is 1. The average Bonchev–Trinajstić information content (AvgIpc) is 3.46. The summed E-state index contributed by atoms with van der Waals surface area (Å²) in [7, 11) is 0. The number of benzene rings is 3. The van der Waals surface area contributed by atoms with Gasteiger partial charge in [-0.05, 0) is 78.5 Å². The molecule has 2 atom stereocenters. The Morgan fingerprint density at radius 1 is 1.03 bits per heavy atom. The molecule has 0 aromatic heterocycles. The van der Waals surface area contributed by atoms with Crippen LogP contribution in [0.4, 0.5) is 8.78 Å². The van der Waals surface area contributed by atoms with E-state index in [1.165, 1.54) is 24.3 Å². The molecule has 0 bridgehead atoms. The molecule has 3 N–H and O–H groups in total. The number of hydrogen-bond acceptors (Lipinski definition) is 7. The molecule has 0 radical (unpaired) electrons. The quantitative estimate of drug-likeness (QED) is 0.216. The minimum Gasteiger partial charge on any atom is -0.486 e. The summed E-state index contributed by atoms with van der Waals surface area (Å²) in [5.41, 5.74) is 1.04. The third-order valence-corrected chi connectivity index (χ3v) is 7.21. The molecule has 0 aliphatic carbocycles. The van der Waals surface area contributed by atoms with Crippen LogP contribution in [0, 0.1) is 11.6 Å². The Morgan fingerprint density at radius 2 is 1.77 bits per heavy atom. The number of likely N-dealkylation sites (tertiary alicyclic amines) is 1. The second-order valence-electron chi connectivity index (χ2n) is 9.93. The van der Waals surface area contributed by atoms with Gasteiger partial charge in [0.05, 0.1) is 6.04 Å². The minimum atomic E-state index is -1.25. The highest BCUT2D eigenvalue weighted by molar-refractivity contribution is 6.38. The van der Waals surface area contributed by atoms with Crippen molar-refractivity contribution in [1.29, 1.82) is 0 Å². The van der Waals surface area contributed by atoms with Gasteiger partial charge in [0.15, 0.2) is 17.3 Å². The number of amides is 1. The van der Waals surface area contributed by atoms with Crippen LogP contribution < -0.4 is 14.8 Å². The Morgan fingerprint density at radius 3 is 2.56 bits per heavy atom. The third kappa shape index (κ3) is 6.29. The molecule has 2 aliphatic rings. The third-order valence-electron chi connectivity index (χ3n) is 7.21. The number of aryl methyl sites for hydroxylation is 1. The molecule has 1 fully saturated rings. The Labute approximate surface area is 224 Å². The van der Waals surface area contributed by atoms with Crippen LogP contribution in [-0.2, 0) is 11.2 Å². The number of hydrogen-bond donors (Lipinski definition) is 3. The van der Waals surface area contributed by atoms with E-state index >= 15 is 0 Å². The highest BCUT2D eigenvalue weighted by Gasteiger charge is 2.30. The van der Waals surface area contributed by atoms with Crippen LogP contribution in [0.25, 0.3) is 10.8 Å². The lowest BCUT2D eigenvalue weighted by molar-refractivity contribution is -0.116. The largest absolute Gasteiger partial charge is 0.486 e. The number of aliphatic hydroxyl groups is 1. The van der Waals surface area contributed by atoms with Gasteiger partial charge in [0.2, 0.25) is 0 Å². The first-order chi connectivity index (χ1) is 18.9. The molecule has 0 spiro atoms. The molecule has 10 heteroatoms. The number of halogens is 2. The Bertz CT molecular complexity index is 1380. The predicted molar refractivity (Wildman–Crippen MR) is 141 cm³/mol. The van der Waals surface area contributed by atoms with Crippen molar-refractivity contribution in [3.63, 3.8) is 0 Å². The average molecular weight is 540 g/mol. The fourth-order valence-corrected chi connectivity index (χ4v) is 5.15. The second kappa shape index (κ2) is 12.0. The van der Waals surface area contributed by atoms with Gasteiger partial charge < -0.3 is 30.0 Å². The van der Waals surface area contributed by atoms with Crippen molar-refractivity contribution in [2.45, 2.75) is 37.8 Å². The molecule has 0 unspecified atom stereocenters. The van der Waals surface area contributed by atoms with E-state index in [0.717, 1.165) is 42.3 Å². The minimum absolute atomic E-state index is 0.00542. The number of ether oxygens (including phenoxy) is 2. The zero-order chi connectivity index (χ0) is 27.4. The van der Waals surface area contributed by atoms with Crippen LogP contribution >= 0.6 is 0 Å². The van der Waals surface area contributed by atoms with E-state index in [4.69, 9.17) is 9.47 Å². The van der Waals surface area contributed by atoms with Gasteiger partial charge in [-0.25, -0.2) is 8.78 Å². The molecule has 2 aliphatic heterocycles. The normalized spacial score (nSPS) is 17.3. The lowest BCUT2D eigenvalue weighted by Gasteiger charge is -2.29. The van der Waals surface area contributed by atoms with Crippen molar-refractivity contribution in [3.05, 3.63) is 71.3 Å². The molecule has 3 aromatic rings. The van der Waals surface area contributed by atoms with Gasteiger partial charge in [0.1, 0.15) is 30.8 Å². The molecule has 206 valence electrons. The number of aliphatic hydroxyl groups excluding tert-OH is 1. The smallest absolute Gasteiger partial charge is 0.269 e. The molecular weight excluding hydrogens is 508 g/mol. The molecule has 5 rings (SSSR count). The maximum atomic E-state index is 14.7. The molecule has 1 saturated heterocycles. The van der Waals surface area contributed by atoms with Crippen LogP contribution in [-0.4, -0.2) is 65.7 Å². The molecular formula is C29H31F2N3O5. The molecule has 2 heterocycles. The maximum absolute atomic E-state index is 14.7. The highest BCUT2D eigenvalue weighted by atomic mass is 19.1. The van der Waals surface area contributed by atoms with Crippen LogP contribution in [0.3, 0.4) is 0 Å². The summed E-state index contributed by atoms with van der Waals surface area (Å²) in [6.45, 7) is 2.48. The van der Waals surface area contributed by atoms with Crippen LogP contribution in [0.2, 0.25) is 0 Å². The van der Waals surface area contributed by atoms with E-state index in [2.05, 4.69) is 15.4 Å². The van der Waals surface area contributed by atoms with Crippen LogP contribution in [0.5, 0.6) is 11.5 Å². The second-order valence-corrected chi connectivity index (χ2v) is 9.93. The summed E-state index contributed by atoms with van der Waals surface area (Å²) >= 11 is 0. The van der Waals surface area contributed by atoms with Crippen LogP contribution in [0.1, 0.15) is 36.5 Å². The lowest BCUT2D eigenvalue weighted by atomic mass is 9.99. The standard InChI is InChI=1S/C29H31F2N3O5/c30-22-7-6-19-13-18(3-5-20(19)14-22)4-8-24(33-37)29(36)32-25(17-34-9-1-2-10-34)27(35)21-15-23(31)28-26(16-21)38-11-12-39-28/h3,5-7,13-16,25,27,35,37H,1-2,4,8-12,17H2,(H,32,36)/b33-24+/t25-,27-/m1/s1. The van der Waals surface area contributed by atoms with E-state index in [1.54, 1.807) is 12.1 Å². The van der Waals surface area contributed by atoms with Gasteiger partial charge in [0.25, 0.3) is 5.91 Å². The first kappa shape index (κ1) is 26.8. The predicted octanol–water partition coefficient (Wildman–Crippen LogP) is 3.97. The van der Waals surface area contributed by atoms with E-state index in [1.807, 2.05) is 12.1 Å². The van der Waals surface area contributed by atoms with Crippen molar-refractivity contribution in [2.75, 3.05) is 32.8 Å². The van der Waals surface area contributed by atoms with Gasteiger partial charge in [-0.2, -0.15) is 0 Å². The molecule has 3 aromatic carbocycles. The monoisotopic (exact) mass is 539 g/mol. The Balaban J connectivity index is 1.30. The summed E-state index contributed by atoms with van der Waals surface area (Å²) in [5.74, 6) is -1.38. The number of carbonyl (C=O) groups is 1. The fourth-order valence-electron chi connectivity index (χ4n) is 5.15. The number of nitrogens with zero attached hydrogens (tertiary/aromatic N) is 2. The summed E-state index contributed by atoms with van der Waals surface area (Å²) in [5, 5.41) is 28.6. The summed E-state index contributed by atoms with van der Waals surface area (Å²) in [6, 6.07) is 12.0. The number of rotatable bonds is 9. The summed E-state index contributed by atoms with van der Waals surface area (Å²) in [6.07, 6.45) is 1.32. The van der Waals surface area contributed by atoms with Crippen molar-refractivity contribution in [1.82, 2.24) is 10.2 Å². The van der Waals surface area contributed by atoms with Gasteiger partial charge in [-0.3, -0.25) is 4.79 Å². The number of oxime groups is 1. The first-order valence-electron chi connectivity index (χ1n) is 13.1. The number of fused-ring (bicyclic) bond motifs is 2.